The molecule has 1 amide bonds. The van der Waals surface area contributed by atoms with Crippen LogP contribution in [0.3, 0.4) is 0 Å². The SMILES string of the molecule is CCOCCCC(=O)NC1CCCCC1C(=O)O. The zero-order valence-electron chi connectivity index (χ0n) is 11.0. The summed E-state index contributed by atoms with van der Waals surface area (Å²) >= 11 is 0. The van der Waals surface area contributed by atoms with E-state index in [9.17, 15) is 9.59 Å². The lowest BCUT2D eigenvalue weighted by Crippen LogP contribution is -2.45. The lowest BCUT2D eigenvalue weighted by atomic mass is 9.84. The van der Waals surface area contributed by atoms with Crippen molar-refractivity contribution in [3.05, 3.63) is 0 Å². The number of carboxylic acids is 1. The molecule has 0 saturated heterocycles. The number of aliphatic carboxylic acids is 1. The molecule has 2 unspecified atom stereocenters. The summed E-state index contributed by atoms with van der Waals surface area (Å²) in [5.74, 6) is -1.28. The molecule has 0 aromatic carbocycles. The number of hydrogen-bond donors (Lipinski definition) is 2. The van der Waals surface area contributed by atoms with E-state index in [2.05, 4.69) is 5.32 Å². The zero-order valence-corrected chi connectivity index (χ0v) is 11.0. The van der Waals surface area contributed by atoms with Gasteiger partial charge in [0, 0.05) is 25.7 Å². The number of rotatable bonds is 7. The molecule has 1 rings (SSSR count). The highest BCUT2D eigenvalue weighted by atomic mass is 16.5. The smallest absolute Gasteiger partial charge is 0.308 e. The van der Waals surface area contributed by atoms with Gasteiger partial charge in [-0.05, 0) is 26.2 Å². The molecule has 1 aliphatic rings. The van der Waals surface area contributed by atoms with E-state index < -0.39 is 11.9 Å². The average molecular weight is 257 g/mol. The van der Waals surface area contributed by atoms with Crippen LogP contribution in [0, 0.1) is 5.92 Å². The fraction of sp³-hybridized carbons (Fsp3) is 0.846. The van der Waals surface area contributed by atoms with Crippen LogP contribution in [0.1, 0.15) is 45.4 Å². The molecule has 5 heteroatoms. The molecular weight excluding hydrogens is 234 g/mol. The molecule has 0 radical (unpaired) electrons. The Bertz CT molecular complexity index is 280. The Balaban J connectivity index is 2.30. The van der Waals surface area contributed by atoms with E-state index in [-0.39, 0.29) is 11.9 Å². The second kappa shape index (κ2) is 8.08. The van der Waals surface area contributed by atoms with Gasteiger partial charge in [-0.2, -0.15) is 0 Å². The fourth-order valence-corrected chi connectivity index (χ4v) is 2.36. The third-order valence-electron chi connectivity index (χ3n) is 3.33. The minimum atomic E-state index is -0.797. The lowest BCUT2D eigenvalue weighted by molar-refractivity contribution is -0.144. The van der Waals surface area contributed by atoms with E-state index in [0.29, 0.717) is 32.5 Å². The molecule has 18 heavy (non-hydrogen) atoms. The first kappa shape index (κ1) is 15.0. The molecule has 0 aromatic heterocycles. The minimum Gasteiger partial charge on any atom is -0.481 e. The standard InChI is InChI=1S/C13H23NO4/c1-2-18-9-5-8-12(15)14-11-7-4-3-6-10(11)13(16)17/h10-11H,2-9H2,1H3,(H,14,15)(H,16,17). The fourth-order valence-electron chi connectivity index (χ4n) is 2.36. The number of amides is 1. The molecule has 2 N–H and O–H groups in total. The highest BCUT2D eigenvalue weighted by Crippen LogP contribution is 2.24. The van der Waals surface area contributed by atoms with Crippen molar-refractivity contribution in [2.45, 2.75) is 51.5 Å². The maximum Gasteiger partial charge on any atom is 0.308 e. The summed E-state index contributed by atoms with van der Waals surface area (Å²) in [6.45, 7) is 3.15. The maximum absolute atomic E-state index is 11.7. The Morgan fingerprint density at radius 3 is 2.72 bits per heavy atom. The number of hydrogen-bond acceptors (Lipinski definition) is 3. The largest absolute Gasteiger partial charge is 0.481 e. The number of carbonyl (C=O) groups excluding carboxylic acids is 1. The second-order valence-corrected chi connectivity index (χ2v) is 4.70. The van der Waals surface area contributed by atoms with Gasteiger partial charge in [-0.15, -0.1) is 0 Å². The monoisotopic (exact) mass is 257 g/mol. The molecule has 0 aromatic rings. The van der Waals surface area contributed by atoms with E-state index >= 15 is 0 Å². The second-order valence-electron chi connectivity index (χ2n) is 4.70. The summed E-state index contributed by atoms with van der Waals surface area (Å²) in [7, 11) is 0. The topological polar surface area (TPSA) is 75.6 Å². The third kappa shape index (κ3) is 5.04. The van der Waals surface area contributed by atoms with E-state index in [0.717, 1.165) is 19.3 Å². The highest BCUT2D eigenvalue weighted by Gasteiger charge is 2.31. The van der Waals surface area contributed by atoms with Crippen LogP contribution in [0.4, 0.5) is 0 Å². The Morgan fingerprint density at radius 1 is 1.33 bits per heavy atom. The summed E-state index contributed by atoms with van der Waals surface area (Å²) < 4.78 is 5.16. The van der Waals surface area contributed by atoms with Crippen LogP contribution in [0.2, 0.25) is 0 Å². The molecule has 2 atom stereocenters. The van der Waals surface area contributed by atoms with E-state index in [1.165, 1.54) is 0 Å². The van der Waals surface area contributed by atoms with Crippen molar-refractivity contribution < 1.29 is 19.4 Å². The first-order chi connectivity index (χ1) is 8.65. The van der Waals surface area contributed by atoms with Gasteiger partial charge in [0.15, 0.2) is 0 Å². The Morgan fingerprint density at radius 2 is 2.06 bits per heavy atom. The molecular formula is C13H23NO4. The normalized spacial score (nSPS) is 23.6. The van der Waals surface area contributed by atoms with Gasteiger partial charge in [-0.3, -0.25) is 9.59 Å². The summed E-state index contributed by atoms with van der Waals surface area (Å²) in [4.78, 5) is 22.8. The van der Waals surface area contributed by atoms with Crippen molar-refractivity contribution >= 4 is 11.9 Å². The predicted octanol–water partition coefficient (Wildman–Crippen LogP) is 1.56. The van der Waals surface area contributed by atoms with Crippen LogP contribution in [0.15, 0.2) is 0 Å². The minimum absolute atomic E-state index is 0.0622. The van der Waals surface area contributed by atoms with Crippen LogP contribution < -0.4 is 5.32 Å². The van der Waals surface area contributed by atoms with Crippen molar-refractivity contribution in [3.8, 4) is 0 Å². The van der Waals surface area contributed by atoms with Gasteiger partial charge in [-0.25, -0.2) is 0 Å². The van der Waals surface area contributed by atoms with E-state index in [1.807, 2.05) is 6.92 Å². The Kier molecular flexibility index (Phi) is 6.72. The van der Waals surface area contributed by atoms with Gasteiger partial charge in [-0.1, -0.05) is 12.8 Å². The Hall–Kier alpha value is -1.10. The van der Waals surface area contributed by atoms with Crippen molar-refractivity contribution in [1.82, 2.24) is 5.32 Å². The van der Waals surface area contributed by atoms with Gasteiger partial charge in [0.05, 0.1) is 5.92 Å². The van der Waals surface area contributed by atoms with Gasteiger partial charge < -0.3 is 15.2 Å². The molecule has 0 spiro atoms. The van der Waals surface area contributed by atoms with Gasteiger partial charge in [0.25, 0.3) is 0 Å². The van der Waals surface area contributed by atoms with Crippen LogP contribution in [0.5, 0.6) is 0 Å². The van der Waals surface area contributed by atoms with Gasteiger partial charge in [0.2, 0.25) is 5.91 Å². The number of carboxylic acid groups (broad SMARTS) is 1. The first-order valence-electron chi connectivity index (χ1n) is 6.75. The molecule has 1 saturated carbocycles. The van der Waals surface area contributed by atoms with Gasteiger partial charge >= 0.3 is 5.97 Å². The lowest BCUT2D eigenvalue weighted by Gasteiger charge is -2.29. The number of carbonyl (C=O) groups is 2. The quantitative estimate of drug-likeness (QED) is 0.679. The van der Waals surface area contributed by atoms with Crippen molar-refractivity contribution in [2.75, 3.05) is 13.2 Å². The first-order valence-corrected chi connectivity index (χ1v) is 6.75. The molecule has 1 fully saturated rings. The average Bonchev–Trinajstić information content (AvgIpc) is 2.35. The van der Waals surface area contributed by atoms with Crippen LogP contribution in [0.25, 0.3) is 0 Å². The summed E-state index contributed by atoms with van der Waals surface area (Å²) in [5, 5.41) is 11.9. The maximum atomic E-state index is 11.7. The van der Waals surface area contributed by atoms with Crippen LogP contribution >= 0.6 is 0 Å². The molecule has 0 aliphatic heterocycles. The van der Waals surface area contributed by atoms with E-state index in [1.54, 1.807) is 0 Å². The molecule has 1 aliphatic carbocycles. The summed E-state index contributed by atoms with van der Waals surface area (Å²) in [5.41, 5.74) is 0. The summed E-state index contributed by atoms with van der Waals surface area (Å²) in [6.07, 6.45) is 4.46. The molecule has 5 nitrogen and oxygen atoms in total. The highest BCUT2D eigenvalue weighted by molar-refractivity contribution is 5.78. The van der Waals surface area contributed by atoms with Crippen LogP contribution in [-0.2, 0) is 14.3 Å². The zero-order chi connectivity index (χ0) is 13.4. The van der Waals surface area contributed by atoms with Crippen molar-refractivity contribution in [1.29, 1.82) is 0 Å². The van der Waals surface area contributed by atoms with Crippen molar-refractivity contribution in [2.24, 2.45) is 5.92 Å². The molecule has 0 bridgehead atoms. The van der Waals surface area contributed by atoms with Crippen LogP contribution in [-0.4, -0.2) is 36.2 Å². The summed E-state index contributed by atoms with van der Waals surface area (Å²) in [6, 6.07) is -0.198. The molecule has 0 heterocycles. The molecule has 104 valence electrons. The number of nitrogens with one attached hydrogen (secondary N) is 1. The Labute approximate surface area is 108 Å². The number of ether oxygens (including phenoxy) is 1. The third-order valence-corrected chi connectivity index (χ3v) is 3.33. The van der Waals surface area contributed by atoms with Gasteiger partial charge in [0.1, 0.15) is 0 Å². The predicted molar refractivity (Wildman–Crippen MR) is 67.3 cm³/mol. The van der Waals surface area contributed by atoms with E-state index in [4.69, 9.17) is 9.84 Å². The van der Waals surface area contributed by atoms with Crippen molar-refractivity contribution in [3.63, 3.8) is 0 Å².